The Morgan fingerprint density at radius 1 is 1.19 bits per heavy atom. The molecular weight excluding hydrogens is 347 g/mol. The second-order valence-electron chi connectivity index (χ2n) is 5.87. The molecule has 2 aromatic carbocycles. The maximum Gasteiger partial charge on any atom is 0.416 e. The summed E-state index contributed by atoms with van der Waals surface area (Å²) in [6.45, 7) is 1.45. The van der Waals surface area contributed by atoms with E-state index in [2.05, 4.69) is 10.3 Å². The first-order chi connectivity index (χ1) is 12.3. The van der Waals surface area contributed by atoms with E-state index in [1.807, 2.05) is 0 Å². The number of benzene rings is 2. The fourth-order valence-corrected chi connectivity index (χ4v) is 2.62. The lowest BCUT2D eigenvalue weighted by molar-refractivity contribution is -0.137. The van der Waals surface area contributed by atoms with Gasteiger partial charge in [-0.1, -0.05) is 18.2 Å². The Labute approximate surface area is 146 Å². The number of halogens is 3. The number of aromatic nitrogens is 2. The van der Waals surface area contributed by atoms with Gasteiger partial charge in [0.2, 0.25) is 0 Å². The SMILES string of the molecule is C[C@H](CO)Nc1nc(=O)n(-c2ccccc2)c2cc(C(F)(F)F)ccc12. The Hall–Kier alpha value is -2.87. The summed E-state index contributed by atoms with van der Waals surface area (Å²) < 4.78 is 40.6. The molecule has 0 aliphatic heterocycles. The molecule has 0 spiro atoms. The van der Waals surface area contributed by atoms with Crippen LogP contribution in [0.3, 0.4) is 0 Å². The van der Waals surface area contributed by atoms with Crippen LogP contribution in [0.2, 0.25) is 0 Å². The van der Waals surface area contributed by atoms with Crippen LogP contribution < -0.4 is 11.0 Å². The monoisotopic (exact) mass is 363 g/mol. The Morgan fingerprint density at radius 2 is 1.88 bits per heavy atom. The van der Waals surface area contributed by atoms with E-state index >= 15 is 0 Å². The van der Waals surface area contributed by atoms with Gasteiger partial charge in [-0.05, 0) is 37.3 Å². The van der Waals surface area contributed by atoms with Crippen molar-refractivity contribution in [1.82, 2.24) is 9.55 Å². The third-order valence-corrected chi connectivity index (χ3v) is 3.89. The van der Waals surface area contributed by atoms with Crippen molar-refractivity contribution in [3.05, 3.63) is 64.6 Å². The fraction of sp³-hybridized carbons (Fsp3) is 0.222. The minimum Gasteiger partial charge on any atom is -0.394 e. The standard InChI is InChI=1S/C18H16F3N3O2/c1-11(10-25)22-16-14-8-7-12(18(19,20)21)9-15(14)24(17(26)23-16)13-5-3-2-4-6-13/h2-9,11,25H,10H2,1H3,(H,22,23,26)/t11-/m1/s1. The van der Waals surface area contributed by atoms with Gasteiger partial charge in [-0.25, -0.2) is 4.79 Å². The Balaban J connectivity index is 2.34. The molecule has 0 unspecified atom stereocenters. The van der Waals surface area contributed by atoms with E-state index < -0.39 is 23.5 Å². The van der Waals surface area contributed by atoms with E-state index in [9.17, 15) is 23.1 Å². The molecule has 0 radical (unpaired) electrons. The van der Waals surface area contributed by atoms with Crippen LogP contribution in [0.15, 0.2) is 53.3 Å². The average Bonchev–Trinajstić information content (AvgIpc) is 2.61. The number of fused-ring (bicyclic) bond motifs is 1. The van der Waals surface area contributed by atoms with Crippen LogP contribution in [0, 0.1) is 0 Å². The predicted molar refractivity (Wildman–Crippen MR) is 92.5 cm³/mol. The van der Waals surface area contributed by atoms with Gasteiger partial charge in [-0.2, -0.15) is 18.2 Å². The van der Waals surface area contributed by atoms with E-state index in [1.54, 1.807) is 37.3 Å². The van der Waals surface area contributed by atoms with Crippen molar-refractivity contribution in [2.24, 2.45) is 0 Å². The van der Waals surface area contributed by atoms with Crippen LogP contribution in [0.25, 0.3) is 16.6 Å². The summed E-state index contributed by atoms with van der Waals surface area (Å²) in [5, 5.41) is 12.4. The highest BCUT2D eigenvalue weighted by Gasteiger charge is 2.31. The Bertz CT molecular complexity index is 985. The maximum atomic E-state index is 13.2. The number of aliphatic hydroxyl groups is 1. The van der Waals surface area contributed by atoms with Crippen molar-refractivity contribution in [3.63, 3.8) is 0 Å². The summed E-state index contributed by atoms with van der Waals surface area (Å²) >= 11 is 0. The zero-order valence-corrected chi connectivity index (χ0v) is 13.8. The summed E-state index contributed by atoms with van der Waals surface area (Å²) in [5.74, 6) is 0.132. The van der Waals surface area contributed by atoms with Gasteiger partial charge in [-0.3, -0.25) is 4.57 Å². The second-order valence-corrected chi connectivity index (χ2v) is 5.87. The topological polar surface area (TPSA) is 67.2 Å². The van der Waals surface area contributed by atoms with Gasteiger partial charge in [0, 0.05) is 11.4 Å². The van der Waals surface area contributed by atoms with Crippen molar-refractivity contribution in [1.29, 1.82) is 0 Å². The number of para-hydroxylation sites is 1. The van der Waals surface area contributed by atoms with Gasteiger partial charge in [0.1, 0.15) is 5.82 Å². The smallest absolute Gasteiger partial charge is 0.394 e. The molecule has 136 valence electrons. The summed E-state index contributed by atoms with van der Waals surface area (Å²) in [7, 11) is 0. The van der Waals surface area contributed by atoms with Crippen molar-refractivity contribution in [2.45, 2.75) is 19.1 Å². The molecule has 0 aliphatic rings. The number of hydrogen-bond donors (Lipinski definition) is 2. The summed E-state index contributed by atoms with van der Waals surface area (Å²) in [5.41, 5.74) is -1.08. The minimum atomic E-state index is -4.54. The quantitative estimate of drug-likeness (QED) is 0.747. The molecular formula is C18H16F3N3O2. The van der Waals surface area contributed by atoms with Gasteiger partial charge in [0.15, 0.2) is 0 Å². The molecule has 1 atom stereocenters. The van der Waals surface area contributed by atoms with Gasteiger partial charge in [0.05, 0.1) is 23.4 Å². The molecule has 1 heterocycles. The number of nitrogens with one attached hydrogen (secondary N) is 1. The van der Waals surface area contributed by atoms with E-state index in [0.29, 0.717) is 11.1 Å². The van der Waals surface area contributed by atoms with Gasteiger partial charge in [-0.15, -0.1) is 0 Å². The normalized spacial score (nSPS) is 13.0. The average molecular weight is 363 g/mol. The Kier molecular flexibility index (Phi) is 4.69. The number of anilines is 1. The highest BCUT2D eigenvalue weighted by Crippen LogP contribution is 2.33. The molecule has 26 heavy (non-hydrogen) atoms. The molecule has 5 nitrogen and oxygen atoms in total. The van der Waals surface area contributed by atoms with Crippen molar-refractivity contribution in [3.8, 4) is 5.69 Å². The van der Waals surface area contributed by atoms with Crippen LogP contribution in [0.4, 0.5) is 19.0 Å². The number of rotatable bonds is 4. The third-order valence-electron chi connectivity index (χ3n) is 3.89. The van der Waals surface area contributed by atoms with Crippen LogP contribution in [0.5, 0.6) is 0 Å². The first-order valence-corrected chi connectivity index (χ1v) is 7.88. The number of alkyl halides is 3. The lowest BCUT2D eigenvalue weighted by atomic mass is 10.1. The maximum absolute atomic E-state index is 13.2. The third kappa shape index (κ3) is 3.41. The zero-order chi connectivity index (χ0) is 18.9. The van der Waals surface area contributed by atoms with Crippen molar-refractivity contribution >= 4 is 16.7 Å². The molecule has 0 aliphatic carbocycles. The van der Waals surface area contributed by atoms with E-state index in [4.69, 9.17) is 0 Å². The summed E-state index contributed by atoms with van der Waals surface area (Å²) in [4.78, 5) is 16.5. The van der Waals surface area contributed by atoms with Crippen molar-refractivity contribution in [2.75, 3.05) is 11.9 Å². The van der Waals surface area contributed by atoms with Crippen LogP contribution in [-0.2, 0) is 6.18 Å². The van der Waals surface area contributed by atoms with E-state index in [0.717, 1.165) is 16.7 Å². The first-order valence-electron chi connectivity index (χ1n) is 7.88. The van der Waals surface area contributed by atoms with Crippen LogP contribution in [-0.4, -0.2) is 27.3 Å². The highest BCUT2D eigenvalue weighted by atomic mass is 19.4. The van der Waals surface area contributed by atoms with E-state index in [1.165, 1.54) is 6.07 Å². The molecule has 0 fully saturated rings. The molecule has 0 saturated heterocycles. The summed E-state index contributed by atoms with van der Waals surface area (Å²) in [6, 6.07) is 11.1. The lowest BCUT2D eigenvalue weighted by Gasteiger charge is -2.17. The number of hydrogen-bond acceptors (Lipinski definition) is 4. The molecule has 1 aromatic heterocycles. The number of nitrogens with zero attached hydrogens (tertiary/aromatic N) is 2. The first kappa shape index (κ1) is 17.9. The second kappa shape index (κ2) is 6.80. The molecule has 0 bridgehead atoms. The molecule has 3 aromatic rings. The minimum absolute atomic E-state index is 0.0821. The van der Waals surface area contributed by atoms with Crippen LogP contribution in [0.1, 0.15) is 12.5 Å². The molecule has 8 heteroatoms. The van der Waals surface area contributed by atoms with Gasteiger partial charge in [0.25, 0.3) is 0 Å². The number of aliphatic hydroxyl groups excluding tert-OH is 1. The van der Waals surface area contributed by atoms with E-state index in [-0.39, 0.29) is 17.9 Å². The fourth-order valence-electron chi connectivity index (χ4n) is 2.62. The Morgan fingerprint density at radius 3 is 2.50 bits per heavy atom. The predicted octanol–water partition coefficient (Wildman–Crippen LogP) is 3.20. The highest BCUT2D eigenvalue weighted by molar-refractivity contribution is 5.91. The lowest BCUT2D eigenvalue weighted by Crippen LogP contribution is -2.27. The molecule has 0 amide bonds. The van der Waals surface area contributed by atoms with Gasteiger partial charge < -0.3 is 10.4 Å². The molecule has 2 N–H and O–H groups in total. The van der Waals surface area contributed by atoms with Crippen LogP contribution >= 0.6 is 0 Å². The largest absolute Gasteiger partial charge is 0.416 e. The molecule has 3 rings (SSSR count). The summed E-state index contributed by atoms with van der Waals surface area (Å²) in [6.07, 6.45) is -4.54. The molecule has 0 saturated carbocycles. The van der Waals surface area contributed by atoms with Crippen molar-refractivity contribution < 1.29 is 18.3 Å². The zero-order valence-electron chi connectivity index (χ0n) is 13.8. The van der Waals surface area contributed by atoms with Gasteiger partial charge >= 0.3 is 11.9 Å².